The van der Waals surface area contributed by atoms with E-state index < -0.39 is 0 Å². The molecule has 0 atom stereocenters. The van der Waals surface area contributed by atoms with Crippen LogP contribution in [0.1, 0.15) is 48.0 Å². The van der Waals surface area contributed by atoms with Crippen LogP contribution in [0.25, 0.3) is 0 Å². The molecular weight excluding hydrogens is 245 g/mol. The Hall–Kier alpha value is 0.0244. The first-order chi connectivity index (χ1) is 7.11. The number of nitrogens with zero attached hydrogens (tertiary/aromatic N) is 1. The third-order valence-electron chi connectivity index (χ3n) is 2.31. The van der Waals surface area contributed by atoms with E-state index in [1.165, 1.54) is 11.1 Å². The summed E-state index contributed by atoms with van der Waals surface area (Å²) in [7, 11) is 2.16. The topological polar surface area (TPSA) is 3.24 Å². The summed E-state index contributed by atoms with van der Waals surface area (Å²) in [6.07, 6.45) is 5.50. The molecular formula is C15H32NV-. The van der Waals surface area contributed by atoms with Crippen molar-refractivity contribution in [1.29, 1.82) is 0 Å². The molecule has 17 heavy (non-hydrogen) atoms. The molecule has 0 spiro atoms. The minimum absolute atomic E-state index is 0. The van der Waals surface area contributed by atoms with Crippen molar-refractivity contribution >= 4 is 0 Å². The summed E-state index contributed by atoms with van der Waals surface area (Å²) in [5, 5.41) is 0. The zero-order valence-corrected chi connectivity index (χ0v) is 14.6. The van der Waals surface area contributed by atoms with Crippen LogP contribution in [0.4, 0.5) is 0 Å². The summed E-state index contributed by atoms with van der Waals surface area (Å²) in [6.45, 7) is 14.9. The summed E-state index contributed by atoms with van der Waals surface area (Å²) in [5.41, 5.74) is 2.91. The summed E-state index contributed by atoms with van der Waals surface area (Å²) in [4.78, 5) is 2.34. The van der Waals surface area contributed by atoms with Gasteiger partial charge in [-0.05, 0) is 46.4 Å². The van der Waals surface area contributed by atoms with Gasteiger partial charge in [-0.25, -0.2) is 0 Å². The first kappa shape index (κ1) is 25.8. The van der Waals surface area contributed by atoms with Crippen molar-refractivity contribution in [3.8, 4) is 0 Å². The van der Waals surface area contributed by atoms with Gasteiger partial charge in [-0.3, -0.25) is 0 Å². The van der Waals surface area contributed by atoms with Gasteiger partial charge in [-0.2, -0.15) is 0 Å². The first-order valence-corrected chi connectivity index (χ1v) is 6.09. The van der Waals surface area contributed by atoms with Crippen molar-refractivity contribution in [3.05, 3.63) is 30.7 Å². The van der Waals surface area contributed by atoms with E-state index in [1.54, 1.807) is 0 Å². The second-order valence-electron chi connectivity index (χ2n) is 3.67. The Bertz CT molecular complexity index is 191. The van der Waals surface area contributed by atoms with E-state index in [1.807, 2.05) is 13.8 Å². The number of allylic oxidation sites excluding steroid dienone is 3. The van der Waals surface area contributed by atoms with Crippen LogP contribution in [-0.2, 0) is 18.6 Å². The Morgan fingerprint density at radius 3 is 1.94 bits per heavy atom. The Balaban J connectivity index is -0.000000199. The molecule has 0 N–H and O–H groups in total. The summed E-state index contributed by atoms with van der Waals surface area (Å²) in [6, 6.07) is 0. The Morgan fingerprint density at radius 2 is 1.65 bits per heavy atom. The van der Waals surface area contributed by atoms with Crippen molar-refractivity contribution in [2.24, 2.45) is 0 Å². The van der Waals surface area contributed by atoms with Crippen LogP contribution >= 0.6 is 0 Å². The SMILES string of the molecule is C/C=C\C(CCN(C)CC)=C(C)C.CC.[CH3-].[V]. The molecule has 0 aromatic carbocycles. The second-order valence-corrected chi connectivity index (χ2v) is 3.67. The Labute approximate surface area is 122 Å². The fourth-order valence-corrected chi connectivity index (χ4v) is 1.17. The molecule has 0 amide bonds. The predicted molar refractivity (Wildman–Crippen MR) is 78.7 cm³/mol. The van der Waals surface area contributed by atoms with Gasteiger partial charge in [0.15, 0.2) is 0 Å². The van der Waals surface area contributed by atoms with E-state index in [0.717, 1.165) is 19.5 Å². The smallest absolute Gasteiger partial charge is 0.00186 e. The molecule has 2 heteroatoms. The van der Waals surface area contributed by atoms with Gasteiger partial charge in [0.1, 0.15) is 0 Å². The summed E-state index contributed by atoms with van der Waals surface area (Å²) in [5.74, 6) is 0. The maximum Gasteiger partial charge on any atom is 0.00186 e. The van der Waals surface area contributed by atoms with Crippen molar-refractivity contribution in [1.82, 2.24) is 4.90 Å². The van der Waals surface area contributed by atoms with Crippen molar-refractivity contribution < 1.29 is 18.6 Å². The molecule has 0 aromatic rings. The molecule has 0 saturated heterocycles. The third kappa shape index (κ3) is 16.0. The van der Waals surface area contributed by atoms with E-state index in [0.29, 0.717) is 0 Å². The molecule has 1 radical (unpaired) electrons. The van der Waals surface area contributed by atoms with Crippen LogP contribution in [0.5, 0.6) is 0 Å². The molecule has 0 saturated carbocycles. The second kappa shape index (κ2) is 18.4. The van der Waals surface area contributed by atoms with Crippen molar-refractivity contribution in [3.63, 3.8) is 0 Å². The van der Waals surface area contributed by atoms with Crippen LogP contribution in [-0.4, -0.2) is 25.0 Å². The average molecular weight is 277 g/mol. The molecule has 103 valence electrons. The van der Waals surface area contributed by atoms with Crippen LogP contribution in [0.3, 0.4) is 0 Å². The maximum absolute atomic E-state index is 2.34. The van der Waals surface area contributed by atoms with Gasteiger partial charge >= 0.3 is 0 Å². The van der Waals surface area contributed by atoms with Crippen LogP contribution in [0.15, 0.2) is 23.3 Å². The number of hydrogen-bond acceptors (Lipinski definition) is 1. The summed E-state index contributed by atoms with van der Waals surface area (Å²) >= 11 is 0. The zero-order chi connectivity index (χ0) is 12.3. The van der Waals surface area contributed by atoms with Crippen LogP contribution < -0.4 is 0 Å². The van der Waals surface area contributed by atoms with Gasteiger partial charge in [-0.1, -0.05) is 38.5 Å². The van der Waals surface area contributed by atoms with Gasteiger partial charge in [0.05, 0.1) is 0 Å². The fraction of sp³-hybridized carbons (Fsp3) is 0.667. The molecule has 0 aliphatic carbocycles. The van der Waals surface area contributed by atoms with Gasteiger partial charge in [0.25, 0.3) is 0 Å². The van der Waals surface area contributed by atoms with Gasteiger partial charge in [0.2, 0.25) is 0 Å². The molecule has 1 nitrogen and oxygen atoms in total. The average Bonchev–Trinajstić information content (AvgIpc) is 2.26. The standard InChI is InChI=1S/C12H23N.C2H6.CH3.V/c1-6-8-12(11(3)4)9-10-13(5)7-2;1-2;;/h6,8H,7,9-10H2,1-5H3;1-2H3;1H3;/q;;-1;/b8-6-;;;. The van der Waals surface area contributed by atoms with Gasteiger partial charge in [0, 0.05) is 25.1 Å². The summed E-state index contributed by atoms with van der Waals surface area (Å²) < 4.78 is 0. The molecule has 0 bridgehead atoms. The monoisotopic (exact) mass is 277 g/mol. The molecule has 0 aliphatic heterocycles. The third-order valence-corrected chi connectivity index (χ3v) is 2.31. The largest absolute Gasteiger partial charge is 0.358 e. The van der Waals surface area contributed by atoms with E-state index in [2.05, 4.69) is 51.8 Å². The molecule has 0 rings (SSSR count). The predicted octanol–water partition coefficient (Wildman–Crippen LogP) is 4.71. The minimum atomic E-state index is 0. The number of rotatable bonds is 5. The van der Waals surface area contributed by atoms with E-state index in [9.17, 15) is 0 Å². The Kier molecular flexibility index (Phi) is 27.9. The molecule has 0 aromatic heterocycles. The number of hydrogen-bond donors (Lipinski definition) is 0. The zero-order valence-electron chi connectivity index (χ0n) is 13.2. The Morgan fingerprint density at radius 1 is 1.18 bits per heavy atom. The van der Waals surface area contributed by atoms with Crippen molar-refractivity contribution in [2.45, 2.75) is 48.0 Å². The van der Waals surface area contributed by atoms with Gasteiger partial charge in [-0.15, -0.1) is 0 Å². The van der Waals surface area contributed by atoms with Gasteiger partial charge < -0.3 is 12.3 Å². The van der Waals surface area contributed by atoms with E-state index >= 15 is 0 Å². The van der Waals surface area contributed by atoms with Crippen LogP contribution in [0, 0.1) is 7.43 Å². The molecule has 0 aliphatic rings. The fourth-order valence-electron chi connectivity index (χ4n) is 1.17. The molecule has 0 heterocycles. The van der Waals surface area contributed by atoms with E-state index in [-0.39, 0.29) is 26.0 Å². The van der Waals surface area contributed by atoms with Crippen molar-refractivity contribution in [2.75, 3.05) is 20.1 Å². The molecule has 0 unspecified atom stereocenters. The van der Waals surface area contributed by atoms with Crippen LogP contribution in [0.2, 0.25) is 0 Å². The molecule has 0 fully saturated rings. The minimum Gasteiger partial charge on any atom is -0.358 e. The quantitative estimate of drug-likeness (QED) is 0.519. The maximum atomic E-state index is 2.34. The normalized spacial score (nSPS) is 8.94. The first-order valence-electron chi connectivity index (χ1n) is 6.09. The van der Waals surface area contributed by atoms with E-state index in [4.69, 9.17) is 0 Å².